The fourth-order valence-corrected chi connectivity index (χ4v) is 2.95. The van der Waals surface area contributed by atoms with Crippen molar-refractivity contribution in [2.75, 3.05) is 7.11 Å². The zero-order valence-corrected chi connectivity index (χ0v) is 13.4. The maximum Gasteiger partial charge on any atom is 0.119 e. The van der Waals surface area contributed by atoms with Crippen LogP contribution < -0.4 is 4.74 Å². The van der Waals surface area contributed by atoms with Crippen molar-refractivity contribution < 1.29 is 4.74 Å². The molecule has 1 aromatic heterocycles. The first-order chi connectivity index (χ1) is 11.8. The maximum atomic E-state index is 5.30. The fraction of sp³-hybridized carbons (Fsp3) is 0.0455. The Morgan fingerprint density at radius 1 is 0.625 bits per heavy atom. The van der Waals surface area contributed by atoms with E-state index in [-0.39, 0.29) is 0 Å². The van der Waals surface area contributed by atoms with E-state index in [0.717, 1.165) is 5.75 Å². The van der Waals surface area contributed by atoms with Gasteiger partial charge in [-0.2, -0.15) is 0 Å². The summed E-state index contributed by atoms with van der Waals surface area (Å²) in [5, 5.41) is 2.39. The summed E-state index contributed by atoms with van der Waals surface area (Å²) in [5.74, 6) is 0.884. The van der Waals surface area contributed by atoms with E-state index in [0.29, 0.717) is 0 Å². The minimum absolute atomic E-state index is 0.884. The highest BCUT2D eigenvalue weighted by molar-refractivity contribution is 5.89. The Bertz CT molecular complexity index is 993. The van der Waals surface area contributed by atoms with E-state index in [2.05, 4.69) is 59.6 Å². The van der Waals surface area contributed by atoms with E-state index in [1.54, 1.807) is 7.11 Å². The molecule has 0 saturated heterocycles. The molecule has 0 aliphatic heterocycles. The highest BCUT2D eigenvalue weighted by atomic mass is 16.5. The molecular formula is C22H17NO. The zero-order chi connectivity index (χ0) is 16.4. The highest BCUT2D eigenvalue weighted by Crippen LogP contribution is 2.29. The lowest BCUT2D eigenvalue weighted by Crippen LogP contribution is -1.84. The van der Waals surface area contributed by atoms with Crippen LogP contribution in [0.5, 0.6) is 5.75 Å². The van der Waals surface area contributed by atoms with Crippen LogP contribution in [0.1, 0.15) is 0 Å². The monoisotopic (exact) mass is 311 g/mol. The van der Waals surface area contributed by atoms with E-state index >= 15 is 0 Å². The van der Waals surface area contributed by atoms with Crippen LogP contribution in [0.15, 0.2) is 85.2 Å². The van der Waals surface area contributed by atoms with Gasteiger partial charge in [0.05, 0.1) is 7.11 Å². The van der Waals surface area contributed by atoms with E-state index < -0.39 is 0 Å². The Kier molecular flexibility index (Phi) is 3.72. The zero-order valence-electron chi connectivity index (χ0n) is 13.4. The van der Waals surface area contributed by atoms with Crippen molar-refractivity contribution in [3.8, 4) is 28.0 Å². The fourth-order valence-electron chi connectivity index (χ4n) is 2.95. The molecule has 0 bridgehead atoms. The minimum Gasteiger partial charge on any atom is -0.497 e. The van der Waals surface area contributed by atoms with Crippen LogP contribution in [0.25, 0.3) is 33.0 Å². The quantitative estimate of drug-likeness (QED) is 0.493. The molecule has 0 radical (unpaired) electrons. The molecular weight excluding hydrogens is 294 g/mol. The number of methoxy groups -OCH3 is 1. The molecule has 0 saturated carbocycles. The lowest BCUT2D eigenvalue weighted by molar-refractivity contribution is 0.415. The molecule has 0 aliphatic carbocycles. The molecule has 2 nitrogen and oxygen atoms in total. The smallest absolute Gasteiger partial charge is 0.119 e. The molecule has 0 unspecified atom stereocenters. The van der Waals surface area contributed by atoms with Gasteiger partial charge in [0.15, 0.2) is 0 Å². The van der Waals surface area contributed by atoms with E-state index in [1.807, 2.05) is 30.6 Å². The molecule has 3 aromatic carbocycles. The number of pyridine rings is 1. The lowest BCUT2D eigenvalue weighted by Gasteiger charge is -2.08. The van der Waals surface area contributed by atoms with Crippen LogP contribution in [0.3, 0.4) is 0 Å². The summed E-state index contributed by atoms with van der Waals surface area (Å²) in [4.78, 5) is 4.09. The van der Waals surface area contributed by atoms with Gasteiger partial charge in [0.25, 0.3) is 0 Å². The molecule has 0 fully saturated rings. The summed E-state index contributed by atoms with van der Waals surface area (Å²) >= 11 is 0. The molecule has 24 heavy (non-hydrogen) atoms. The number of benzene rings is 3. The third-order valence-corrected chi connectivity index (χ3v) is 4.26. The normalized spacial score (nSPS) is 10.7. The van der Waals surface area contributed by atoms with Gasteiger partial charge in [-0.1, -0.05) is 36.4 Å². The van der Waals surface area contributed by atoms with Gasteiger partial charge in [0.2, 0.25) is 0 Å². The first kappa shape index (κ1) is 14.5. The lowest BCUT2D eigenvalue weighted by atomic mass is 9.97. The highest BCUT2D eigenvalue weighted by Gasteiger charge is 2.04. The Hall–Kier alpha value is -3.13. The molecule has 4 aromatic rings. The van der Waals surface area contributed by atoms with Crippen molar-refractivity contribution in [1.29, 1.82) is 0 Å². The predicted octanol–water partition coefficient (Wildman–Crippen LogP) is 5.58. The molecule has 0 N–H and O–H groups in total. The van der Waals surface area contributed by atoms with E-state index in [9.17, 15) is 0 Å². The first-order valence-electron chi connectivity index (χ1n) is 7.92. The Morgan fingerprint density at radius 3 is 2.08 bits per heavy atom. The third kappa shape index (κ3) is 2.74. The summed E-state index contributed by atoms with van der Waals surface area (Å²) < 4.78 is 5.30. The van der Waals surface area contributed by atoms with Gasteiger partial charge in [-0.05, 0) is 69.4 Å². The molecule has 0 spiro atoms. The van der Waals surface area contributed by atoms with Crippen molar-refractivity contribution in [2.45, 2.75) is 0 Å². The van der Waals surface area contributed by atoms with Gasteiger partial charge in [-0.3, -0.25) is 4.98 Å². The van der Waals surface area contributed by atoms with Crippen molar-refractivity contribution in [2.24, 2.45) is 0 Å². The Labute approximate surface area is 141 Å². The Morgan fingerprint density at radius 2 is 1.29 bits per heavy atom. The van der Waals surface area contributed by atoms with Gasteiger partial charge >= 0.3 is 0 Å². The predicted molar refractivity (Wildman–Crippen MR) is 99.2 cm³/mol. The molecule has 1 heterocycles. The minimum atomic E-state index is 0.884. The molecule has 0 aliphatic rings. The largest absolute Gasteiger partial charge is 0.497 e. The van der Waals surface area contributed by atoms with Crippen molar-refractivity contribution in [3.05, 3.63) is 85.2 Å². The summed E-state index contributed by atoms with van der Waals surface area (Å²) in [6.45, 7) is 0. The topological polar surface area (TPSA) is 22.1 Å². The second-order valence-electron chi connectivity index (χ2n) is 5.74. The van der Waals surface area contributed by atoms with Gasteiger partial charge < -0.3 is 4.74 Å². The summed E-state index contributed by atoms with van der Waals surface area (Å²) in [6, 6.07) is 25.4. The summed E-state index contributed by atoms with van der Waals surface area (Å²) in [5.41, 5.74) is 4.80. The van der Waals surface area contributed by atoms with Crippen LogP contribution in [0, 0.1) is 0 Å². The van der Waals surface area contributed by atoms with E-state index in [1.165, 1.54) is 33.0 Å². The number of aromatic nitrogens is 1. The van der Waals surface area contributed by atoms with E-state index in [4.69, 9.17) is 4.74 Å². The second-order valence-corrected chi connectivity index (χ2v) is 5.74. The third-order valence-electron chi connectivity index (χ3n) is 4.26. The average molecular weight is 311 g/mol. The number of rotatable bonds is 3. The summed E-state index contributed by atoms with van der Waals surface area (Å²) in [6.07, 6.45) is 3.65. The van der Waals surface area contributed by atoms with Gasteiger partial charge in [-0.15, -0.1) is 0 Å². The molecule has 2 heteroatoms. The maximum absolute atomic E-state index is 5.30. The Balaban J connectivity index is 1.77. The molecule has 0 amide bonds. The number of ether oxygens (including phenoxy) is 1. The van der Waals surface area contributed by atoms with Crippen molar-refractivity contribution in [3.63, 3.8) is 0 Å². The number of fused-ring (bicyclic) bond motifs is 1. The van der Waals surface area contributed by atoms with Gasteiger partial charge in [0.1, 0.15) is 5.75 Å². The molecule has 116 valence electrons. The number of nitrogens with zero attached hydrogens (tertiary/aromatic N) is 1. The molecule has 0 atom stereocenters. The van der Waals surface area contributed by atoms with Gasteiger partial charge in [0, 0.05) is 12.4 Å². The SMILES string of the molecule is COc1ccc2cc(-c3cccc(-c4ccncc4)c3)ccc2c1. The summed E-state index contributed by atoms with van der Waals surface area (Å²) in [7, 11) is 1.69. The standard InChI is InChI=1S/C22H17NO/c1-24-22-8-7-20-14-19(5-6-21(20)15-22)18-4-2-3-17(13-18)16-9-11-23-12-10-16/h2-15H,1H3. The van der Waals surface area contributed by atoms with Crippen LogP contribution in [0.4, 0.5) is 0 Å². The van der Waals surface area contributed by atoms with Crippen LogP contribution in [-0.4, -0.2) is 12.1 Å². The van der Waals surface area contributed by atoms with Gasteiger partial charge in [-0.25, -0.2) is 0 Å². The van der Waals surface area contributed by atoms with Crippen LogP contribution in [0.2, 0.25) is 0 Å². The van der Waals surface area contributed by atoms with Crippen molar-refractivity contribution >= 4 is 10.8 Å². The number of hydrogen-bond acceptors (Lipinski definition) is 2. The first-order valence-corrected chi connectivity index (χ1v) is 7.92. The number of hydrogen-bond donors (Lipinski definition) is 0. The van der Waals surface area contributed by atoms with Crippen LogP contribution >= 0.6 is 0 Å². The molecule has 4 rings (SSSR count). The average Bonchev–Trinajstić information content (AvgIpc) is 2.68. The van der Waals surface area contributed by atoms with Crippen LogP contribution in [-0.2, 0) is 0 Å². The second kappa shape index (κ2) is 6.17. The van der Waals surface area contributed by atoms with Crippen molar-refractivity contribution in [1.82, 2.24) is 4.98 Å².